The minimum absolute atomic E-state index is 0.0671. The molecule has 12 heteroatoms. The van der Waals surface area contributed by atoms with Gasteiger partial charge in [-0.2, -0.15) is 5.26 Å². The van der Waals surface area contributed by atoms with Crippen LogP contribution in [-0.2, 0) is 11.2 Å². The van der Waals surface area contributed by atoms with Crippen molar-refractivity contribution in [2.45, 2.75) is 40.0 Å². The van der Waals surface area contributed by atoms with Crippen molar-refractivity contribution in [3.63, 3.8) is 0 Å². The molecule has 0 fully saturated rings. The third kappa shape index (κ3) is 10.2. The predicted octanol–water partition coefficient (Wildman–Crippen LogP) is 9.26. The minimum Gasteiger partial charge on any atom is -0.507 e. The van der Waals surface area contributed by atoms with Crippen LogP contribution in [0, 0.1) is 31.1 Å². The number of Topliss-reactive ketones (excluding diaryl/α,β-unsaturated/α-hetero) is 3. The number of aromatic hydroxyl groups is 2. The Morgan fingerprint density at radius 3 is 1.69 bits per heavy atom. The number of nitriles is 1. The molecule has 6 aromatic carbocycles. The lowest BCUT2D eigenvalue weighted by molar-refractivity contribution is -0.119. The van der Waals surface area contributed by atoms with Gasteiger partial charge in [0.15, 0.2) is 17.3 Å². The van der Waals surface area contributed by atoms with Gasteiger partial charge in [-0.25, -0.2) is 0 Å². The minimum atomic E-state index is -0.959. The summed E-state index contributed by atoms with van der Waals surface area (Å²) in [7, 11) is 0. The summed E-state index contributed by atoms with van der Waals surface area (Å²) in [4.78, 5) is 77.4. The number of hydrogen-bond donors (Lipinski definition) is 5. The Balaban J connectivity index is 1.02. The highest BCUT2D eigenvalue weighted by molar-refractivity contribution is 6.10. The smallest absolute Gasteiger partial charge is 0.259 e. The molecule has 0 aliphatic heterocycles. The van der Waals surface area contributed by atoms with Crippen LogP contribution in [0.3, 0.4) is 0 Å². The largest absolute Gasteiger partial charge is 0.507 e. The number of phenolic OH excluding ortho intramolecular Hbond substituents is 2. The number of nitrogens with one attached hydrogen (secondary N) is 3. The van der Waals surface area contributed by atoms with Crippen molar-refractivity contribution in [3.05, 3.63) is 172 Å². The van der Waals surface area contributed by atoms with Crippen LogP contribution < -0.4 is 16.0 Å². The molecular weight excluding hydrogens is 785 g/mol. The Kier molecular flexibility index (Phi) is 13.5. The summed E-state index contributed by atoms with van der Waals surface area (Å²) in [6.45, 7) is 4.37. The van der Waals surface area contributed by atoms with E-state index in [0.29, 0.717) is 16.8 Å². The van der Waals surface area contributed by atoms with Crippen molar-refractivity contribution in [2.24, 2.45) is 5.92 Å². The Hall–Kier alpha value is -8.17. The fourth-order valence-electron chi connectivity index (χ4n) is 6.76. The molecule has 5 N–H and O–H groups in total. The third-order valence-corrected chi connectivity index (χ3v) is 10.5. The predicted molar refractivity (Wildman–Crippen MR) is 236 cm³/mol. The highest BCUT2D eigenvalue weighted by Crippen LogP contribution is 2.33. The van der Waals surface area contributed by atoms with Gasteiger partial charge in [-0.15, -0.1) is 0 Å². The third-order valence-electron chi connectivity index (χ3n) is 10.5. The van der Waals surface area contributed by atoms with Gasteiger partial charge in [0, 0.05) is 64.1 Å². The van der Waals surface area contributed by atoms with Crippen LogP contribution in [-0.4, -0.2) is 45.3 Å². The van der Waals surface area contributed by atoms with E-state index in [4.69, 9.17) is 0 Å². The van der Waals surface area contributed by atoms with Gasteiger partial charge < -0.3 is 26.2 Å². The highest BCUT2D eigenvalue weighted by atomic mass is 16.3. The van der Waals surface area contributed by atoms with Gasteiger partial charge in [-0.05, 0) is 86.0 Å². The molecule has 0 bridgehead atoms. The highest BCUT2D eigenvalue weighted by Gasteiger charge is 2.24. The number of ketones is 3. The van der Waals surface area contributed by atoms with E-state index in [1.54, 1.807) is 43.3 Å². The Morgan fingerprint density at radius 1 is 0.581 bits per heavy atom. The number of hydrogen-bond acceptors (Lipinski definition) is 9. The van der Waals surface area contributed by atoms with Crippen LogP contribution in [0.4, 0.5) is 17.1 Å². The normalized spacial score (nSPS) is 11.1. The summed E-state index contributed by atoms with van der Waals surface area (Å²) < 4.78 is 0. The van der Waals surface area contributed by atoms with Crippen molar-refractivity contribution >= 4 is 52.1 Å². The van der Waals surface area contributed by atoms with Crippen LogP contribution in [0.25, 0.3) is 11.1 Å². The number of carbonyl (C=O) groups excluding carboxylic acids is 6. The Labute approximate surface area is 357 Å². The number of amides is 3. The summed E-state index contributed by atoms with van der Waals surface area (Å²) in [5.74, 6) is -4.11. The van der Waals surface area contributed by atoms with Crippen molar-refractivity contribution in [1.29, 1.82) is 5.26 Å². The summed E-state index contributed by atoms with van der Waals surface area (Å²) in [5, 5.41) is 38.7. The summed E-state index contributed by atoms with van der Waals surface area (Å²) >= 11 is 0. The molecule has 0 radical (unpaired) electrons. The summed E-state index contributed by atoms with van der Waals surface area (Å²) in [6, 6.07) is 37.4. The number of rotatable bonds is 15. The molecular formula is C50H42N4O8. The molecule has 0 aliphatic rings. The molecule has 6 aromatic rings. The molecule has 3 amide bonds. The molecule has 6 rings (SSSR count). The SMILES string of the molecule is CC(=O)c1ccc(NC(=O)c2ccc(NC(=O)c3ccc(NC(=O)C(CC#N)CC(=O)c4ccc(CC(=O)c5ccc(-c6ccccc6)cc5)cc4)cc3)c(C)c2O)c(C)c1O. The first-order valence-corrected chi connectivity index (χ1v) is 19.6. The first-order chi connectivity index (χ1) is 29.7. The average Bonchev–Trinajstić information content (AvgIpc) is 3.27. The van der Waals surface area contributed by atoms with E-state index in [9.17, 15) is 44.2 Å². The fraction of sp³-hybridized carbons (Fsp3) is 0.140. The van der Waals surface area contributed by atoms with Crippen LogP contribution >= 0.6 is 0 Å². The zero-order valence-corrected chi connectivity index (χ0v) is 34.1. The summed E-state index contributed by atoms with van der Waals surface area (Å²) in [5.41, 5.74) is 5.24. The molecule has 0 aromatic heterocycles. The van der Waals surface area contributed by atoms with Crippen LogP contribution in [0.1, 0.15) is 88.2 Å². The molecule has 62 heavy (non-hydrogen) atoms. The number of benzene rings is 6. The van der Waals surface area contributed by atoms with Gasteiger partial charge >= 0.3 is 0 Å². The second-order valence-corrected chi connectivity index (χ2v) is 14.7. The lowest BCUT2D eigenvalue weighted by atomic mass is 9.93. The standard InChI is InChI=1S/C50H42N4O8/c1-29-43(23-21-40(31(3)55)46(29)58)54-50(62)41-22-24-42(30(2)47(41)59)53-48(60)37-17-19-39(20-18-37)52-49(61)38(25-26-51)28-45(57)35-11-9-32(10-12-35)27-44(56)36-15-13-34(14-16-36)33-7-5-4-6-8-33/h4-24,38,58-59H,25,27-28H2,1-3H3,(H,52,61)(H,53,60)(H,54,62). The van der Waals surface area contributed by atoms with Crippen molar-refractivity contribution in [3.8, 4) is 28.7 Å². The van der Waals surface area contributed by atoms with Gasteiger partial charge in [0.05, 0.1) is 23.1 Å². The van der Waals surface area contributed by atoms with E-state index in [0.717, 1.165) is 16.7 Å². The molecule has 0 heterocycles. The van der Waals surface area contributed by atoms with E-state index in [-0.39, 0.29) is 87.3 Å². The first kappa shape index (κ1) is 43.4. The molecule has 0 saturated carbocycles. The number of carbonyl (C=O) groups is 6. The van der Waals surface area contributed by atoms with Crippen molar-refractivity contribution in [1.82, 2.24) is 0 Å². The second-order valence-electron chi connectivity index (χ2n) is 14.7. The number of anilines is 3. The van der Waals surface area contributed by atoms with Crippen molar-refractivity contribution in [2.75, 3.05) is 16.0 Å². The van der Waals surface area contributed by atoms with Gasteiger partial charge in [0.25, 0.3) is 11.8 Å². The van der Waals surface area contributed by atoms with Crippen LogP contribution in [0.2, 0.25) is 0 Å². The maximum atomic E-state index is 13.3. The summed E-state index contributed by atoms with van der Waals surface area (Å²) in [6.07, 6.45) is -0.293. The second kappa shape index (κ2) is 19.3. The van der Waals surface area contributed by atoms with Gasteiger partial charge in [-0.1, -0.05) is 78.9 Å². The van der Waals surface area contributed by atoms with E-state index < -0.39 is 23.6 Å². The fourth-order valence-corrected chi connectivity index (χ4v) is 6.76. The van der Waals surface area contributed by atoms with E-state index in [1.807, 2.05) is 48.5 Å². The van der Waals surface area contributed by atoms with Crippen LogP contribution in [0.15, 0.2) is 127 Å². The maximum absolute atomic E-state index is 13.3. The van der Waals surface area contributed by atoms with E-state index in [1.165, 1.54) is 62.4 Å². The average molecular weight is 827 g/mol. The quantitative estimate of drug-likeness (QED) is 0.0625. The van der Waals surface area contributed by atoms with Gasteiger partial charge in [0.1, 0.15) is 11.5 Å². The van der Waals surface area contributed by atoms with Gasteiger partial charge in [-0.3, -0.25) is 28.8 Å². The Bertz CT molecular complexity index is 2740. The lowest BCUT2D eigenvalue weighted by Gasteiger charge is -2.15. The van der Waals surface area contributed by atoms with Crippen LogP contribution in [0.5, 0.6) is 11.5 Å². The topological polar surface area (TPSA) is 203 Å². The molecule has 1 atom stereocenters. The van der Waals surface area contributed by atoms with Crippen molar-refractivity contribution < 1.29 is 39.0 Å². The number of nitrogens with zero attached hydrogens (tertiary/aromatic N) is 1. The first-order valence-electron chi connectivity index (χ1n) is 19.6. The monoisotopic (exact) mass is 826 g/mol. The molecule has 0 saturated heterocycles. The van der Waals surface area contributed by atoms with Gasteiger partial charge in [0.2, 0.25) is 5.91 Å². The molecule has 0 aliphatic carbocycles. The number of phenols is 2. The van der Waals surface area contributed by atoms with E-state index in [2.05, 4.69) is 16.0 Å². The maximum Gasteiger partial charge on any atom is 0.259 e. The zero-order valence-electron chi connectivity index (χ0n) is 34.1. The molecule has 1 unspecified atom stereocenters. The zero-order chi connectivity index (χ0) is 44.5. The molecule has 310 valence electrons. The Morgan fingerprint density at radius 2 is 1.10 bits per heavy atom. The molecule has 0 spiro atoms. The lowest BCUT2D eigenvalue weighted by Crippen LogP contribution is -2.25. The van der Waals surface area contributed by atoms with E-state index >= 15 is 0 Å². The molecule has 12 nitrogen and oxygen atoms in total.